The van der Waals surface area contributed by atoms with E-state index in [1.807, 2.05) is 6.92 Å². The van der Waals surface area contributed by atoms with E-state index in [9.17, 15) is 13.2 Å². The topological polar surface area (TPSA) is 122 Å². The highest BCUT2D eigenvalue weighted by molar-refractivity contribution is 7.89. The van der Waals surface area contributed by atoms with Gasteiger partial charge in [-0.3, -0.25) is 10.0 Å². The first kappa shape index (κ1) is 16.6. The number of nitrogens with one attached hydrogen (secondary N) is 2. The Morgan fingerprint density at radius 1 is 1.35 bits per heavy atom. The molecule has 1 atom stereocenters. The summed E-state index contributed by atoms with van der Waals surface area (Å²) in [4.78, 5) is 11.3. The Morgan fingerprint density at radius 3 is 2.40 bits per heavy atom. The molecule has 20 heavy (non-hydrogen) atoms. The number of aryl methyl sites for hydroxylation is 1. The molecule has 0 unspecified atom stereocenters. The van der Waals surface area contributed by atoms with Crippen LogP contribution in [0.1, 0.15) is 18.9 Å². The van der Waals surface area contributed by atoms with Gasteiger partial charge in [0.2, 0.25) is 10.0 Å². The molecule has 0 bridgehead atoms. The molecule has 7 nitrogen and oxygen atoms in total. The van der Waals surface area contributed by atoms with Gasteiger partial charge >= 0.3 is 0 Å². The van der Waals surface area contributed by atoms with Crippen molar-refractivity contribution in [3.05, 3.63) is 29.8 Å². The second-order valence-corrected chi connectivity index (χ2v) is 5.99. The highest BCUT2D eigenvalue weighted by atomic mass is 32.2. The largest absolute Gasteiger partial charge is 0.328 e. The van der Waals surface area contributed by atoms with Gasteiger partial charge in [0.15, 0.2) is 0 Å². The van der Waals surface area contributed by atoms with Crippen LogP contribution in [0.5, 0.6) is 0 Å². The van der Waals surface area contributed by atoms with Gasteiger partial charge in [0.1, 0.15) is 6.04 Å². The van der Waals surface area contributed by atoms with E-state index in [-0.39, 0.29) is 11.4 Å². The van der Waals surface area contributed by atoms with E-state index in [0.29, 0.717) is 0 Å². The molecule has 0 fully saturated rings. The number of hydroxylamine groups is 1. The fourth-order valence-corrected chi connectivity index (χ4v) is 2.87. The second kappa shape index (κ2) is 7.34. The van der Waals surface area contributed by atoms with Crippen molar-refractivity contribution in [2.24, 2.45) is 5.73 Å². The highest BCUT2D eigenvalue weighted by Gasteiger charge is 2.24. The zero-order chi connectivity index (χ0) is 15.2. The summed E-state index contributed by atoms with van der Waals surface area (Å²) in [7, 11) is -3.86. The zero-order valence-corrected chi connectivity index (χ0v) is 12.0. The Bertz CT molecular complexity index is 542. The van der Waals surface area contributed by atoms with Crippen molar-refractivity contribution in [3.63, 3.8) is 0 Å². The minimum Gasteiger partial charge on any atom is -0.328 e. The minimum atomic E-state index is -3.86. The molecule has 0 aromatic heterocycles. The molecule has 1 aromatic carbocycles. The Hall–Kier alpha value is -1.48. The average Bonchev–Trinajstić information content (AvgIpc) is 2.45. The van der Waals surface area contributed by atoms with Gasteiger partial charge in [-0.25, -0.2) is 13.9 Å². The molecular weight excluding hydrogens is 282 g/mol. The van der Waals surface area contributed by atoms with Crippen LogP contribution in [0, 0.1) is 0 Å². The molecule has 0 heterocycles. The lowest BCUT2D eigenvalue weighted by molar-refractivity contribution is -0.130. The van der Waals surface area contributed by atoms with Crippen LogP contribution in [-0.4, -0.2) is 32.1 Å². The van der Waals surface area contributed by atoms with E-state index in [1.165, 1.54) is 17.6 Å². The van der Waals surface area contributed by atoms with Crippen LogP contribution >= 0.6 is 0 Å². The number of sulfonamides is 1. The standard InChI is InChI=1S/C12H19N3O4S/c1-2-3-9-4-6-10(7-5-9)20(18,19)15-11(8-13)12(16)14-17/h4-7,11,15,17H,2-3,8,13H2,1H3,(H,14,16)/t11-/m0/s1. The number of nitrogens with two attached hydrogens (primary N) is 1. The quantitative estimate of drug-likeness (QED) is 0.409. The zero-order valence-electron chi connectivity index (χ0n) is 11.2. The van der Waals surface area contributed by atoms with Gasteiger partial charge in [-0.1, -0.05) is 25.5 Å². The van der Waals surface area contributed by atoms with E-state index >= 15 is 0 Å². The maximum atomic E-state index is 12.1. The fourth-order valence-electron chi connectivity index (χ4n) is 1.67. The summed E-state index contributed by atoms with van der Waals surface area (Å²) in [5, 5.41) is 8.51. The van der Waals surface area contributed by atoms with Gasteiger partial charge in [0, 0.05) is 6.54 Å². The maximum absolute atomic E-state index is 12.1. The average molecular weight is 301 g/mol. The summed E-state index contributed by atoms with van der Waals surface area (Å²) in [6.07, 6.45) is 1.84. The number of rotatable bonds is 7. The molecule has 0 aliphatic heterocycles. The van der Waals surface area contributed by atoms with Crippen molar-refractivity contribution in [2.45, 2.75) is 30.7 Å². The Balaban J connectivity index is 2.90. The van der Waals surface area contributed by atoms with Crippen LogP contribution in [0.4, 0.5) is 0 Å². The molecule has 0 spiro atoms. The first-order valence-electron chi connectivity index (χ1n) is 6.20. The van der Waals surface area contributed by atoms with Crippen LogP contribution in [0.3, 0.4) is 0 Å². The Morgan fingerprint density at radius 2 is 1.95 bits per heavy atom. The van der Waals surface area contributed by atoms with Crippen molar-refractivity contribution in [1.82, 2.24) is 10.2 Å². The van der Waals surface area contributed by atoms with Gasteiger partial charge in [0.05, 0.1) is 4.90 Å². The third-order valence-electron chi connectivity index (χ3n) is 2.73. The summed E-state index contributed by atoms with van der Waals surface area (Å²) in [5.74, 6) is -0.904. The van der Waals surface area contributed by atoms with Crippen molar-refractivity contribution < 1.29 is 18.4 Å². The monoisotopic (exact) mass is 301 g/mol. The van der Waals surface area contributed by atoms with Gasteiger partial charge in [-0.05, 0) is 24.1 Å². The molecule has 0 aliphatic rings. The van der Waals surface area contributed by atoms with Crippen LogP contribution in [0.15, 0.2) is 29.2 Å². The lowest BCUT2D eigenvalue weighted by atomic mass is 10.1. The molecule has 1 amide bonds. The third kappa shape index (κ3) is 4.27. The molecule has 1 rings (SSSR count). The van der Waals surface area contributed by atoms with Gasteiger partial charge in [0.25, 0.3) is 5.91 Å². The minimum absolute atomic E-state index is 0.0431. The predicted octanol–water partition coefficient (Wildman–Crippen LogP) is -0.250. The Labute approximate surface area is 118 Å². The number of hydrogen-bond donors (Lipinski definition) is 4. The van der Waals surface area contributed by atoms with Crippen molar-refractivity contribution in [2.75, 3.05) is 6.54 Å². The first-order valence-corrected chi connectivity index (χ1v) is 7.68. The SMILES string of the molecule is CCCc1ccc(S(=O)(=O)N[C@@H](CN)C(=O)NO)cc1. The molecule has 0 saturated heterocycles. The number of carbonyl (C=O) groups is 1. The van der Waals surface area contributed by atoms with Crippen molar-refractivity contribution >= 4 is 15.9 Å². The molecule has 1 aromatic rings. The van der Waals surface area contributed by atoms with Crippen LogP contribution in [0.25, 0.3) is 0 Å². The summed E-state index contributed by atoms with van der Waals surface area (Å²) in [6.45, 7) is 1.77. The molecule has 5 N–H and O–H groups in total. The number of hydrogen-bond acceptors (Lipinski definition) is 5. The van der Waals surface area contributed by atoms with E-state index < -0.39 is 22.0 Å². The first-order chi connectivity index (χ1) is 9.44. The summed E-state index contributed by atoms with van der Waals surface area (Å²) >= 11 is 0. The van der Waals surface area contributed by atoms with Gasteiger partial charge in [-0.2, -0.15) is 4.72 Å². The molecule has 0 saturated carbocycles. The van der Waals surface area contributed by atoms with Crippen LogP contribution < -0.4 is 15.9 Å². The van der Waals surface area contributed by atoms with Gasteiger partial charge < -0.3 is 5.73 Å². The predicted molar refractivity (Wildman–Crippen MR) is 73.5 cm³/mol. The molecular formula is C12H19N3O4S. The van der Waals surface area contributed by atoms with Gasteiger partial charge in [-0.15, -0.1) is 0 Å². The second-order valence-electron chi connectivity index (χ2n) is 4.28. The number of benzene rings is 1. The van der Waals surface area contributed by atoms with Crippen molar-refractivity contribution in [1.29, 1.82) is 0 Å². The molecule has 0 radical (unpaired) electrons. The molecule has 8 heteroatoms. The molecule has 112 valence electrons. The highest BCUT2D eigenvalue weighted by Crippen LogP contribution is 2.12. The maximum Gasteiger partial charge on any atom is 0.262 e. The van der Waals surface area contributed by atoms with E-state index in [4.69, 9.17) is 10.9 Å². The summed E-state index contributed by atoms with van der Waals surface area (Å²) < 4.78 is 26.3. The van der Waals surface area contributed by atoms with E-state index in [2.05, 4.69) is 4.72 Å². The molecule has 0 aliphatic carbocycles. The lowest BCUT2D eigenvalue weighted by Gasteiger charge is -2.15. The van der Waals surface area contributed by atoms with Crippen LogP contribution in [0.2, 0.25) is 0 Å². The van der Waals surface area contributed by atoms with E-state index in [0.717, 1.165) is 18.4 Å². The third-order valence-corrected chi connectivity index (χ3v) is 4.22. The van der Waals surface area contributed by atoms with Crippen LogP contribution in [-0.2, 0) is 21.2 Å². The summed E-state index contributed by atoms with van der Waals surface area (Å²) in [6, 6.07) is 5.17. The summed E-state index contributed by atoms with van der Waals surface area (Å²) in [5.41, 5.74) is 7.71. The number of carbonyl (C=O) groups excluding carboxylic acids is 1. The number of amides is 1. The Kier molecular flexibility index (Phi) is 6.08. The van der Waals surface area contributed by atoms with Crippen molar-refractivity contribution in [3.8, 4) is 0 Å². The lowest BCUT2D eigenvalue weighted by Crippen LogP contribution is -2.49. The van der Waals surface area contributed by atoms with E-state index in [1.54, 1.807) is 12.1 Å². The normalized spacial score (nSPS) is 12.9. The smallest absolute Gasteiger partial charge is 0.262 e. The fraction of sp³-hybridized carbons (Fsp3) is 0.417.